The maximum absolute atomic E-state index is 10.9. The second-order valence-electron chi connectivity index (χ2n) is 5.82. The van der Waals surface area contributed by atoms with E-state index in [1.54, 1.807) is 13.8 Å². The van der Waals surface area contributed by atoms with E-state index >= 15 is 0 Å². The Morgan fingerprint density at radius 1 is 0.926 bits per heavy atom. The van der Waals surface area contributed by atoms with Crippen LogP contribution in [0.3, 0.4) is 0 Å². The average molecular weight is 401 g/mol. The molecule has 0 amide bonds. The van der Waals surface area contributed by atoms with Gasteiger partial charge in [-0.05, 0) is 77.8 Å². The van der Waals surface area contributed by atoms with Crippen LogP contribution in [-0.2, 0) is 14.3 Å². The molecule has 1 N–H and O–H groups in total. The number of carbonyl (C=O) groups excluding carboxylic acids is 2. The first-order valence-corrected chi connectivity index (χ1v) is 9.63. The Labute approximate surface area is 170 Å². The summed E-state index contributed by atoms with van der Waals surface area (Å²) < 4.78 is 4.92. The maximum Gasteiger partial charge on any atom is 0.333 e. The zero-order valence-electron chi connectivity index (χ0n) is 17.4. The fraction of sp³-hybridized carbons (Fsp3) is 0.545. The van der Waals surface area contributed by atoms with Crippen LogP contribution in [0.2, 0.25) is 0 Å². The Bertz CT molecular complexity index is 453. The Morgan fingerprint density at radius 2 is 1.37 bits per heavy atom. The number of halogens is 1. The lowest BCUT2D eigenvalue weighted by Gasteiger charge is -2.02. The van der Waals surface area contributed by atoms with Crippen LogP contribution in [0.25, 0.3) is 0 Å². The van der Waals surface area contributed by atoms with Crippen LogP contribution >= 0.6 is 11.6 Å². The second-order valence-corrected chi connectivity index (χ2v) is 6.17. The van der Waals surface area contributed by atoms with Gasteiger partial charge in [-0.3, -0.25) is 4.79 Å². The van der Waals surface area contributed by atoms with Gasteiger partial charge >= 0.3 is 5.97 Å². The number of esters is 1. The lowest BCUT2D eigenvalue weighted by molar-refractivity contribution is -0.139. The van der Waals surface area contributed by atoms with Crippen LogP contribution in [0.1, 0.15) is 66.2 Å². The first-order valence-electron chi connectivity index (χ1n) is 9.25. The zero-order valence-corrected chi connectivity index (χ0v) is 18.2. The van der Waals surface area contributed by atoms with Crippen LogP contribution in [0.5, 0.6) is 0 Å². The highest BCUT2D eigenvalue weighted by Gasteiger charge is 2.00. The van der Waals surface area contributed by atoms with E-state index < -0.39 is 5.24 Å². The molecule has 156 valence electrons. The van der Waals surface area contributed by atoms with E-state index in [2.05, 4.69) is 25.3 Å². The Hall–Kier alpha value is -1.65. The van der Waals surface area contributed by atoms with Crippen molar-refractivity contribution in [3.63, 3.8) is 0 Å². The van der Waals surface area contributed by atoms with Gasteiger partial charge in [0.15, 0.2) is 0 Å². The smallest absolute Gasteiger partial charge is 0.333 e. The highest BCUT2D eigenvalue weighted by molar-refractivity contribution is 6.67. The predicted molar refractivity (Wildman–Crippen MR) is 116 cm³/mol. The third-order valence-corrected chi connectivity index (χ3v) is 3.26. The lowest BCUT2D eigenvalue weighted by atomic mass is 10.2. The molecule has 0 saturated carbocycles. The summed E-state index contributed by atoms with van der Waals surface area (Å²) >= 11 is 4.87. The summed E-state index contributed by atoms with van der Waals surface area (Å²) in [6.07, 6.45) is 14.5. The van der Waals surface area contributed by atoms with Crippen LogP contribution in [0.4, 0.5) is 0 Å². The summed E-state index contributed by atoms with van der Waals surface area (Å²) in [5, 5.41) is 7.88. The van der Waals surface area contributed by atoms with Gasteiger partial charge in [0.2, 0.25) is 5.24 Å². The highest BCUT2D eigenvalue weighted by atomic mass is 35.5. The topological polar surface area (TPSA) is 63.6 Å². The van der Waals surface area contributed by atoms with Crippen molar-refractivity contribution >= 4 is 22.8 Å². The molecule has 0 radical (unpaired) electrons. The molecule has 0 aliphatic rings. The zero-order chi connectivity index (χ0) is 21.5. The number of ether oxygens (including phenoxy) is 1. The van der Waals surface area contributed by atoms with Gasteiger partial charge in [0.05, 0.1) is 6.61 Å². The largest absolute Gasteiger partial charge is 0.462 e. The quantitative estimate of drug-likeness (QED) is 0.154. The van der Waals surface area contributed by atoms with Gasteiger partial charge in [-0.1, -0.05) is 37.5 Å². The van der Waals surface area contributed by atoms with E-state index in [9.17, 15) is 9.59 Å². The summed E-state index contributed by atoms with van der Waals surface area (Å²) in [5.41, 5.74) is 0.852. The molecule has 5 heteroatoms. The molecule has 0 aromatic rings. The summed E-state index contributed by atoms with van der Waals surface area (Å²) in [6.45, 7) is 14.8. The fourth-order valence-electron chi connectivity index (χ4n) is 1.36. The number of carbonyl (C=O) groups is 2. The van der Waals surface area contributed by atoms with E-state index in [1.807, 2.05) is 26.0 Å². The van der Waals surface area contributed by atoms with Crippen molar-refractivity contribution < 1.29 is 19.4 Å². The molecule has 0 spiro atoms. The first-order chi connectivity index (χ1) is 12.7. The van der Waals surface area contributed by atoms with Crippen molar-refractivity contribution in [1.82, 2.24) is 0 Å². The number of hydrogen-bond acceptors (Lipinski definition) is 4. The summed E-state index contributed by atoms with van der Waals surface area (Å²) in [5.74, 6) is -0.286. The SMILES string of the molecule is C/C=C/CCCCO.C=C(C)C(=O)Cl.C=C(C)C(=O)OCCCC/C=C/C. The molecule has 0 aromatic heterocycles. The molecular weight excluding hydrogens is 364 g/mol. The van der Waals surface area contributed by atoms with Gasteiger partial charge in [-0.2, -0.15) is 0 Å². The van der Waals surface area contributed by atoms with E-state index in [4.69, 9.17) is 21.4 Å². The molecule has 0 fully saturated rings. The molecule has 0 aliphatic carbocycles. The highest BCUT2D eigenvalue weighted by Crippen LogP contribution is 1.99. The van der Waals surface area contributed by atoms with Crippen LogP contribution in [-0.4, -0.2) is 29.5 Å². The third-order valence-electron chi connectivity index (χ3n) is 2.93. The molecule has 0 atom stereocenters. The van der Waals surface area contributed by atoms with Gasteiger partial charge in [0, 0.05) is 17.8 Å². The van der Waals surface area contributed by atoms with Crippen LogP contribution in [0.15, 0.2) is 48.6 Å². The number of aliphatic hydroxyl groups is 1. The molecule has 27 heavy (non-hydrogen) atoms. The van der Waals surface area contributed by atoms with Crippen LogP contribution < -0.4 is 0 Å². The van der Waals surface area contributed by atoms with E-state index in [0.717, 1.165) is 38.5 Å². The van der Waals surface area contributed by atoms with Gasteiger partial charge in [-0.15, -0.1) is 0 Å². The number of rotatable bonds is 11. The molecule has 0 aliphatic heterocycles. The lowest BCUT2D eigenvalue weighted by Crippen LogP contribution is -2.05. The monoisotopic (exact) mass is 400 g/mol. The van der Waals surface area contributed by atoms with E-state index in [-0.39, 0.29) is 5.97 Å². The Kier molecular flexibility index (Phi) is 27.1. The number of unbranched alkanes of at least 4 members (excludes halogenated alkanes) is 4. The van der Waals surface area contributed by atoms with E-state index in [1.165, 1.54) is 0 Å². The molecular formula is C22H37ClO4. The predicted octanol–water partition coefficient (Wildman–Crippen LogP) is 5.91. The molecule has 0 heterocycles. The Morgan fingerprint density at radius 3 is 1.70 bits per heavy atom. The standard InChI is InChI=1S/C11H18O2.C7H14O.C4H5ClO/c1-4-5-6-7-8-9-13-11(12)10(2)3;1-2-3-4-5-6-7-8;1-3(2)4(5)6/h4-5H,2,6-9H2,1,3H3;2-3,8H,4-7H2,1H3;1H2,2H3/b5-4+;3-2+;. The molecule has 4 nitrogen and oxygen atoms in total. The third kappa shape index (κ3) is 32.5. The van der Waals surface area contributed by atoms with Crippen molar-refractivity contribution in [1.29, 1.82) is 0 Å². The Balaban J connectivity index is -0.000000351. The van der Waals surface area contributed by atoms with Crippen molar-refractivity contribution in [2.75, 3.05) is 13.2 Å². The van der Waals surface area contributed by atoms with Crippen LogP contribution in [0, 0.1) is 0 Å². The first kappa shape index (κ1) is 30.1. The van der Waals surface area contributed by atoms with Crippen molar-refractivity contribution in [2.24, 2.45) is 0 Å². The second kappa shape index (κ2) is 24.4. The van der Waals surface area contributed by atoms with Crippen molar-refractivity contribution in [3.05, 3.63) is 48.6 Å². The van der Waals surface area contributed by atoms with Gasteiger partial charge in [-0.25, -0.2) is 4.79 Å². The average Bonchev–Trinajstić information content (AvgIpc) is 2.62. The number of aliphatic hydroxyl groups excluding tert-OH is 1. The molecule has 0 saturated heterocycles. The maximum atomic E-state index is 10.9. The number of allylic oxidation sites excluding steroid dienone is 5. The van der Waals surface area contributed by atoms with E-state index in [0.29, 0.717) is 24.4 Å². The molecule has 0 unspecified atom stereocenters. The summed E-state index contributed by atoms with van der Waals surface area (Å²) in [4.78, 5) is 20.7. The van der Waals surface area contributed by atoms with Gasteiger partial charge in [0.1, 0.15) is 0 Å². The number of hydrogen-bond donors (Lipinski definition) is 1. The normalized spacial score (nSPS) is 9.85. The summed E-state index contributed by atoms with van der Waals surface area (Å²) in [7, 11) is 0. The molecule has 0 aromatic carbocycles. The minimum Gasteiger partial charge on any atom is -0.462 e. The van der Waals surface area contributed by atoms with Crippen molar-refractivity contribution in [3.8, 4) is 0 Å². The fourth-order valence-corrected chi connectivity index (χ4v) is 1.36. The van der Waals surface area contributed by atoms with Crippen molar-refractivity contribution in [2.45, 2.75) is 66.2 Å². The molecule has 0 rings (SSSR count). The van der Waals surface area contributed by atoms with Gasteiger partial charge in [0.25, 0.3) is 0 Å². The minimum atomic E-state index is -0.463. The summed E-state index contributed by atoms with van der Waals surface area (Å²) in [6, 6.07) is 0. The van der Waals surface area contributed by atoms with Gasteiger partial charge < -0.3 is 9.84 Å². The minimum absolute atomic E-state index is 0.286. The molecule has 0 bridgehead atoms.